The minimum atomic E-state index is -0.531. The maximum Gasteiger partial charge on any atom is 0.494 e. The highest BCUT2D eigenvalue weighted by atomic mass is 16.7. The summed E-state index contributed by atoms with van der Waals surface area (Å²) in [5.74, 6) is 0. The van der Waals surface area contributed by atoms with Gasteiger partial charge in [0.2, 0.25) is 0 Å². The molecule has 1 aromatic rings. The van der Waals surface area contributed by atoms with E-state index in [0.29, 0.717) is 19.7 Å². The molecule has 0 radical (unpaired) electrons. The quantitative estimate of drug-likeness (QED) is 0.706. The number of carbonyl (C=O) groups is 1. The molecule has 7 nitrogen and oxygen atoms in total. The molecule has 8 heteroatoms. The van der Waals surface area contributed by atoms with Crippen LogP contribution in [-0.4, -0.2) is 59.6 Å². The summed E-state index contributed by atoms with van der Waals surface area (Å²) in [6, 6.07) is 3.93. The number of morpholine rings is 1. The van der Waals surface area contributed by atoms with Gasteiger partial charge >= 0.3 is 13.2 Å². The summed E-state index contributed by atoms with van der Waals surface area (Å²) >= 11 is 0. The van der Waals surface area contributed by atoms with Gasteiger partial charge in [0.25, 0.3) is 0 Å². The topological polar surface area (TPSA) is 70.1 Å². The second kappa shape index (κ2) is 7.56. The summed E-state index contributed by atoms with van der Waals surface area (Å²) < 4.78 is 23.8. The number of hydrogen-bond donors (Lipinski definition) is 0. The predicted molar refractivity (Wildman–Crippen MR) is 111 cm³/mol. The third kappa shape index (κ3) is 4.93. The highest BCUT2D eigenvalue weighted by molar-refractivity contribution is 6.62. The fraction of sp³-hybridized carbons (Fsp3) is 0.714. The van der Waals surface area contributed by atoms with Gasteiger partial charge in [-0.25, -0.2) is 4.79 Å². The fourth-order valence-electron chi connectivity index (χ4n) is 3.32. The van der Waals surface area contributed by atoms with Crippen LogP contribution in [0.3, 0.4) is 0 Å². The maximum absolute atomic E-state index is 12.5. The number of hydrogen-bond acceptors (Lipinski definition) is 6. The Morgan fingerprint density at radius 3 is 2.41 bits per heavy atom. The van der Waals surface area contributed by atoms with E-state index in [0.717, 1.165) is 16.9 Å². The van der Waals surface area contributed by atoms with E-state index < -0.39 is 23.9 Å². The Labute approximate surface area is 174 Å². The molecular weight excluding hydrogens is 371 g/mol. The Hall–Kier alpha value is -1.64. The van der Waals surface area contributed by atoms with Gasteiger partial charge in [0.05, 0.1) is 30.0 Å². The molecule has 0 saturated carbocycles. The third-order valence-corrected chi connectivity index (χ3v) is 5.57. The molecule has 2 saturated heterocycles. The van der Waals surface area contributed by atoms with Gasteiger partial charge in [-0.2, -0.15) is 0 Å². The largest absolute Gasteiger partial charge is 0.494 e. The van der Waals surface area contributed by atoms with Gasteiger partial charge in [0, 0.05) is 12.2 Å². The molecule has 1 aromatic heterocycles. The molecule has 2 fully saturated rings. The molecule has 3 rings (SSSR count). The Morgan fingerprint density at radius 2 is 1.83 bits per heavy atom. The van der Waals surface area contributed by atoms with Crippen molar-refractivity contribution in [1.82, 2.24) is 9.88 Å². The van der Waals surface area contributed by atoms with E-state index in [9.17, 15) is 4.79 Å². The molecule has 29 heavy (non-hydrogen) atoms. The van der Waals surface area contributed by atoms with Crippen molar-refractivity contribution in [1.29, 1.82) is 0 Å². The first-order chi connectivity index (χ1) is 13.3. The second-order valence-corrected chi connectivity index (χ2v) is 9.84. The molecule has 1 atom stereocenters. The van der Waals surface area contributed by atoms with Crippen LogP contribution in [0.25, 0.3) is 0 Å². The lowest BCUT2D eigenvalue weighted by Gasteiger charge is -2.34. The SMILES string of the molecule is Cc1cc(B2OC(C)(C)C(C)(C)O2)cc(C2CN(C(=O)OC(C)(C)C)CCO2)n1. The summed E-state index contributed by atoms with van der Waals surface area (Å²) in [6.07, 6.45) is -0.651. The number of amides is 1. The molecule has 160 valence electrons. The monoisotopic (exact) mass is 404 g/mol. The molecule has 0 aliphatic carbocycles. The number of aromatic nitrogens is 1. The van der Waals surface area contributed by atoms with Crippen LogP contribution in [0.1, 0.15) is 66.0 Å². The minimum absolute atomic E-state index is 0.322. The summed E-state index contributed by atoms with van der Waals surface area (Å²) in [7, 11) is -0.467. The first-order valence-electron chi connectivity index (χ1n) is 10.2. The Balaban J connectivity index is 1.79. The van der Waals surface area contributed by atoms with Crippen molar-refractivity contribution >= 4 is 18.7 Å². The lowest BCUT2D eigenvalue weighted by molar-refractivity contribution is -0.0447. The number of aryl methyl sites for hydroxylation is 1. The van der Waals surface area contributed by atoms with Crippen LogP contribution in [0, 0.1) is 6.92 Å². The van der Waals surface area contributed by atoms with Gasteiger partial charge in [-0.3, -0.25) is 4.98 Å². The number of ether oxygens (including phenoxy) is 2. The molecule has 0 spiro atoms. The number of pyridine rings is 1. The predicted octanol–water partition coefficient (Wildman–Crippen LogP) is 3.00. The van der Waals surface area contributed by atoms with Crippen molar-refractivity contribution in [3.8, 4) is 0 Å². The number of carbonyl (C=O) groups excluding carboxylic acids is 1. The fourth-order valence-corrected chi connectivity index (χ4v) is 3.32. The van der Waals surface area contributed by atoms with Gasteiger partial charge in [-0.15, -0.1) is 0 Å². The van der Waals surface area contributed by atoms with E-state index in [1.54, 1.807) is 4.90 Å². The smallest absolute Gasteiger partial charge is 0.444 e. The summed E-state index contributed by atoms with van der Waals surface area (Å²) in [4.78, 5) is 18.8. The van der Waals surface area contributed by atoms with Crippen molar-refractivity contribution in [3.63, 3.8) is 0 Å². The Bertz CT molecular complexity index is 759. The highest BCUT2D eigenvalue weighted by Crippen LogP contribution is 2.36. The lowest BCUT2D eigenvalue weighted by Crippen LogP contribution is -2.45. The van der Waals surface area contributed by atoms with E-state index in [2.05, 4.69) is 4.98 Å². The van der Waals surface area contributed by atoms with E-state index in [4.69, 9.17) is 18.8 Å². The minimum Gasteiger partial charge on any atom is -0.444 e. The zero-order valence-electron chi connectivity index (χ0n) is 18.9. The van der Waals surface area contributed by atoms with Crippen molar-refractivity contribution in [2.75, 3.05) is 19.7 Å². The summed E-state index contributed by atoms with van der Waals surface area (Å²) in [5.41, 5.74) is 1.17. The van der Waals surface area contributed by atoms with Crippen molar-refractivity contribution in [2.24, 2.45) is 0 Å². The zero-order valence-corrected chi connectivity index (χ0v) is 18.9. The molecule has 0 aromatic carbocycles. The first kappa shape index (κ1) is 22.1. The second-order valence-electron chi connectivity index (χ2n) is 9.84. The van der Waals surface area contributed by atoms with Crippen molar-refractivity contribution < 1.29 is 23.6 Å². The highest BCUT2D eigenvalue weighted by Gasteiger charge is 2.52. The normalized spacial score (nSPS) is 23.9. The average molecular weight is 404 g/mol. The molecule has 1 unspecified atom stereocenters. The van der Waals surface area contributed by atoms with Crippen molar-refractivity contribution in [2.45, 2.75) is 78.3 Å². The van der Waals surface area contributed by atoms with Gasteiger partial charge < -0.3 is 23.7 Å². The third-order valence-electron chi connectivity index (χ3n) is 5.57. The molecule has 1 amide bonds. The van der Waals surface area contributed by atoms with E-state index in [1.165, 1.54) is 0 Å². The summed E-state index contributed by atoms with van der Waals surface area (Å²) in [6.45, 7) is 17.0. The summed E-state index contributed by atoms with van der Waals surface area (Å²) in [5, 5.41) is 0. The van der Waals surface area contributed by atoms with Crippen LogP contribution in [-0.2, 0) is 18.8 Å². The van der Waals surface area contributed by atoms with Crippen LogP contribution >= 0.6 is 0 Å². The Kier molecular flexibility index (Phi) is 5.75. The average Bonchev–Trinajstić information content (AvgIpc) is 2.81. The van der Waals surface area contributed by atoms with Gasteiger partial charge in [0.15, 0.2) is 0 Å². The van der Waals surface area contributed by atoms with E-state index >= 15 is 0 Å². The van der Waals surface area contributed by atoms with E-state index in [1.807, 2.05) is 67.5 Å². The number of rotatable bonds is 2. The Morgan fingerprint density at radius 1 is 1.21 bits per heavy atom. The lowest BCUT2D eigenvalue weighted by atomic mass is 9.78. The zero-order chi connectivity index (χ0) is 21.6. The molecule has 0 bridgehead atoms. The van der Waals surface area contributed by atoms with Crippen LogP contribution in [0.2, 0.25) is 0 Å². The first-order valence-corrected chi connectivity index (χ1v) is 10.2. The molecule has 2 aliphatic rings. The van der Waals surface area contributed by atoms with Gasteiger partial charge in [-0.05, 0) is 73.0 Å². The molecular formula is C21H33BN2O5. The van der Waals surface area contributed by atoms with Crippen molar-refractivity contribution in [3.05, 3.63) is 23.5 Å². The van der Waals surface area contributed by atoms with Crippen LogP contribution in [0.5, 0.6) is 0 Å². The maximum atomic E-state index is 12.5. The number of nitrogens with zero attached hydrogens (tertiary/aromatic N) is 2. The molecule has 2 aliphatic heterocycles. The molecule has 3 heterocycles. The van der Waals surface area contributed by atoms with E-state index in [-0.39, 0.29) is 12.2 Å². The van der Waals surface area contributed by atoms with Crippen LogP contribution in [0.15, 0.2) is 12.1 Å². The van der Waals surface area contributed by atoms with Crippen LogP contribution in [0.4, 0.5) is 4.79 Å². The van der Waals surface area contributed by atoms with Gasteiger partial charge in [0.1, 0.15) is 11.7 Å². The van der Waals surface area contributed by atoms with Gasteiger partial charge in [-0.1, -0.05) is 0 Å². The standard InChI is InChI=1S/C21H33BN2O5/c1-14-11-15(22-28-20(5,6)21(7,8)29-22)12-16(23-14)17-13-24(9-10-26-17)18(25)27-19(2,3)4/h11-12,17H,9-10,13H2,1-8H3. The van der Waals surface area contributed by atoms with Crippen LogP contribution < -0.4 is 5.46 Å². The molecule has 0 N–H and O–H groups in total.